The highest BCUT2D eigenvalue weighted by molar-refractivity contribution is 5.69. The van der Waals surface area contributed by atoms with E-state index >= 15 is 0 Å². The van der Waals surface area contributed by atoms with Crippen molar-refractivity contribution in [2.75, 3.05) is 20.3 Å². The summed E-state index contributed by atoms with van der Waals surface area (Å²) in [6.07, 6.45) is 2.97. The lowest BCUT2D eigenvalue weighted by molar-refractivity contribution is -0.141. The second-order valence-corrected chi connectivity index (χ2v) is 6.85. The number of unbranched alkanes of at least 4 members (excludes halogenated alkanes) is 1. The summed E-state index contributed by atoms with van der Waals surface area (Å²) in [5.41, 5.74) is 0. The van der Waals surface area contributed by atoms with E-state index in [1.54, 1.807) is 0 Å². The summed E-state index contributed by atoms with van der Waals surface area (Å²) < 4.78 is 15.5. The van der Waals surface area contributed by atoms with Crippen molar-refractivity contribution in [3.05, 3.63) is 60.7 Å². The number of hydrogen-bond donors (Lipinski definition) is 1. The van der Waals surface area contributed by atoms with Crippen LogP contribution in [0.3, 0.4) is 0 Å². The minimum atomic E-state index is -0.746. The Morgan fingerprint density at radius 2 is 1.40 bits per heavy atom. The number of methoxy groups -OCH3 is 1. The van der Waals surface area contributed by atoms with Crippen LogP contribution in [0.5, 0.6) is 11.5 Å². The molecule has 0 amide bonds. The van der Waals surface area contributed by atoms with Crippen LogP contribution in [0.2, 0.25) is 0 Å². The van der Waals surface area contributed by atoms with Crippen molar-refractivity contribution in [1.82, 2.24) is 0 Å². The number of carbonyl (C=O) groups excluding carboxylic acids is 1. The molecule has 6 nitrogen and oxygen atoms in total. The molecule has 2 rings (SSSR count). The Morgan fingerprint density at radius 3 is 1.90 bits per heavy atom. The summed E-state index contributed by atoms with van der Waals surface area (Å²) in [6.45, 7) is 3.23. The molecule has 0 spiro atoms. The van der Waals surface area contributed by atoms with Gasteiger partial charge in [0, 0.05) is 12.8 Å². The average molecular weight is 417 g/mol. The summed E-state index contributed by atoms with van der Waals surface area (Å²) >= 11 is 0. The van der Waals surface area contributed by atoms with Crippen LogP contribution in [0, 0.1) is 5.92 Å². The number of rotatable bonds is 12. The van der Waals surface area contributed by atoms with E-state index in [0.717, 1.165) is 24.3 Å². The maximum Gasteiger partial charge on any atom is 0.305 e. The third-order valence-corrected chi connectivity index (χ3v) is 4.16. The summed E-state index contributed by atoms with van der Waals surface area (Å²) in [4.78, 5) is 21.2. The van der Waals surface area contributed by atoms with Gasteiger partial charge in [-0.3, -0.25) is 9.59 Å². The van der Waals surface area contributed by atoms with Crippen LogP contribution in [0.1, 0.15) is 39.0 Å². The predicted octanol–water partition coefficient (Wildman–Crippen LogP) is 4.98. The van der Waals surface area contributed by atoms with Crippen molar-refractivity contribution in [3.63, 3.8) is 0 Å². The molecule has 0 heterocycles. The highest BCUT2D eigenvalue weighted by atomic mass is 16.5. The van der Waals surface area contributed by atoms with Crippen molar-refractivity contribution in [3.8, 4) is 11.5 Å². The van der Waals surface area contributed by atoms with Gasteiger partial charge in [0.15, 0.2) is 0 Å². The fourth-order valence-electron chi connectivity index (χ4n) is 2.45. The second kappa shape index (κ2) is 15.9. The minimum absolute atomic E-state index is 0.160. The zero-order valence-electron chi connectivity index (χ0n) is 17.8. The minimum Gasteiger partial charge on any atom is -0.494 e. The molecule has 0 saturated heterocycles. The van der Waals surface area contributed by atoms with E-state index in [0.29, 0.717) is 26.1 Å². The van der Waals surface area contributed by atoms with Gasteiger partial charge in [-0.2, -0.15) is 0 Å². The molecule has 0 saturated carbocycles. The van der Waals surface area contributed by atoms with E-state index in [1.165, 1.54) is 7.11 Å². The Morgan fingerprint density at radius 1 is 0.867 bits per heavy atom. The first-order valence-corrected chi connectivity index (χ1v) is 10.2. The Bertz CT molecular complexity index is 702. The summed E-state index contributed by atoms with van der Waals surface area (Å²) in [7, 11) is 1.41. The molecule has 1 atom stereocenters. The molecular formula is C24H32O6. The lowest BCUT2D eigenvalue weighted by Crippen LogP contribution is -2.10. The van der Waals surface area contributed by atoms with Gasteiger partial charge >= 0.3 is 11.9 Å². The van der Waals surface area contributed by atoms with Gasteiger partial charge in [-0.25, -0.2) is 0 Å². The molecule has 0 fully saturated rings. The van der Waals surface area contributed by atoms with E-state index in [2.05, 4.69) is 4.74 Å². The maximum absolute atomic E-state index is 11.0. The van der Waals surface area contributed by atoms with Gasteiger partial charge in [0.2, 0.25) is 0 Å². The molecule has 164 valence electrons. The standard InChI is InChI=1S/C13H18O3.C11H14O3/c1-11(10-13(14)15-2)8-9-16-12-6-4-3-5-7-12;12-11(13)8-4-5-9-14-10-6-2-1-3-7-10/h3-7,11H,8-10H2,1-2H3;1-3,6-7H,4-5,8-9H2,(H,12,13). The van der Waals surface area contributed by atoms with Crippen LogP contribution < -0.4 is 9.47 Å². The monoisotopic (exact) mass is 416 g/mol. The zero-order valence-corrected chi connectivity index (χ0v) is 17.8. The quantitative estimate of drug-likeness (QED) is 0.388. The maximum atomic E-state index is 11.0. The number of carboxylic acids is 1. The first-order chi connectivity index (χ1) is 14.5. The van der Waals surface area contributed by atoms with Crippen LogP contribution in [0.15, 0.2) is 60.7 Å². The number of carboxylic acid groups (broad SMARTS) is 1. The molecule has 0 bridgehead atoms. The molecule has 2 aromatic rings. The van der Waals surface area contributed by atoms with Gasteiger partial charge in [0.05, 0.1) is 20.3 Å². The molecule has 2 aromatic carbocycles. The van der Waals surface area contributed by atoms with E-state index in [9.17, 15) is 9.59 Å². The molecular weight excluding hydrogens is 384 g/mol. The number of aliphatic carboxylic acids is 1. The Hall–Kier alpha value is -3.02. The molecule has 30 heavy (non-hydrogen) atoms. The van der Waals surface area contributed by atoms with Gasteiger partial charge in [0.1, 0.15) is 11.5 Å². The molecule has 0 radical (unpaired) electrons. The SMILES string of the molecule is COC(=O)CC(C)CCOc1ccccc1.O=C(O)CCCCOc1ccccc1. The predicted molar refractivity (Wildman–Crippen MR) is 116 cm³/mol. The Balaban J connectivity index is 0.000000303. The number of esters is 1. The fourth-order valence-corrected chi connectivity index (χ4v) is 2.45. The number of hydrogen-bond acceptors (Lipinski definition) is 5. The lowest BCUT2D eigenvalue weighted by Gasteiger charge is -2.10. The highest BCUT2D eigenvalue weighted by Gasteiger charge is 2.09. The molecule has 0 aliphatic carbocycles. The third kappa shape index (κ3) is 13.2. The van der Waals surface area contributed by atoms with Crippen LogP contribution in [-0.4, -0.2) is 37.4 Å². The van der Waals surface area contributed by atoms with Crippen LogP contribution in [-0.2, 0) is 14.3 Å². The number of ether oxygens (including phenoxy) is 3. The topological polar surface area (TPSA) is 82.1 Å². The van der Waals surface area contributed by atoms with E-state index < -0.39 is 5.97 Å². The molecule has 1 unspecified atom stereocenters. The molecule has 6 heteroatoms. The number of para-hydroxylation sites is 2. The average Bonchev–Trinajstić information content (AvgIpc) is 2.75. The van der Waals surface area contributed by atoms with Crippen molar-refractivity contribution >= 4 is 11.9 Å². The van der Waals surface area contributed by atoms with E-state index in [1.807, 2.05) is 67.6 Å². The first-order valence-electron chi connectivity index (χ1n) is 10.2. The lowest BCUT2D eigenvalue weighted by atomic mass is 10.1. The summed E-state index contributed by atoms with van der Waals surface area (Å²) in [5.74, 6) is 1.09. The van der Waals surface area contributed by atoms with E-state index in [4.69, 9.17) is 14.6 Å². The summed E-state index contributed by atoms with van der Waals surface area (Å²) in [6, 6.07) is 19.2. The van der Waals surface area contributed by atoms with Crippen molar-refractivity contribution in [1.29, 1.82) is 0 Å². The van der Waals surface area contributed by atoms with E-state index in [-0.39, 0.29) is 18.3 Å². The fraction of sp³-hybridized carbons (Fsp3) is 0.417. The Kier molecular flexibility index (Phi) is 13.2. The Labute approximate surface area is 178 Å². The zero-order chi connectivity index (χ0) is 22.0. The van der Waals surface area contributed by atoms with Crippen LogP contribution in [0.25, 0.3) is 0 Å². The van der Waals surface area contributed by atoms with Gasteiger partial charge < -0.3 is 19.3 Å². The van der Waals surface area contributed by atoms with Crippen LogP contribution >= 0.6 is 0 Å². The number of carbonyl (C=O) groups is 2. The normalized spacial score (nSPS) is 10.9. The second-order valence-electron chi connectivity index (χ2n) is 6.85. The molecule has 0 aliphatic rings. The van der Waals surface area contributed by atoms with Crippen molar-refractivity contribution < 1.29 is 28.9 Å². The van der Waals surface area contributed by atoms with Gasteiger partial charge in [-0.15, -0.1) is 0 Å². The first kappa shape index (κ1) is 25.0. The highest BCUT2D eigenvalue weighted by Crippen LogP contribution is 2.12. The van der Waals surface area contributed by atoms with Crippen molar-refractivity contribution in [2.45, 2.75) is 39.0 Å². The van der Waals surface area contributed by atoms with Crippen molar-refractivity contribution in [2.24, 2.45) is 5.92 Å². The van der Waals surface area contributed by atoms with Gasteiger partial charge in [-0.1, -0.05) is 43.3 Å². The largest absolute Gasteiger partial charge is 0.494 e. The van der Waals surface area contributed by atoms with Gasteiger partial charge in [0.25, 0.3) is 0 Å². The molecule has 0 aromatic heterocycles. The molecule has 0 aliphatic heterocycles. The number of benzene rings is 2. The van der Waals surface area contributed by atoms with Gasteiger partial charge in [-0.05, 0) is 49.4 Å². The smallest absolute Gasteiger partial charge is 0.305 e. The molecule has 1 N–H and O–H groups in total. The third-order valence-electron chi connectivity index (χ3n) is 4.16. The summed E-state index contributed by atoms with van der Waals surface area (Å²) in [5, 5.41) is 8.39. The van der Waals surface area contributed by atoms with Crippen LogP contribution in [0.4, 0.5) is 0 Å².